The van der Waals surface area contributed by atoms with Crippen molar-refractivity contribution in [3.8, 4) is 0 Å². The summed E-state index contributed by atoms with van der Waals surface area (Å²) in [6, 6.07) is 4.10. The van der Waals surface area contributed by atoms with Gasteiger partial charge in [0.05, 0.1) is 0 Å². The van der Waals surface area contributed by atoms with Gasteiger partial charge in [-0.25, -0.2) is 4.98 Å². The first-order chi connectivity index (χ1) is 6.15. The smallest absolute Gasteiger partial charge is 0.127 e. The van der Waals surface area contributed by atoms with E-state index in [0.29, 0.717) is 12.5 Å². The molecule has 1 aromatic heterocycles. The standard InChI is InChI=1S/C10H17N3/c1-8(6-11)9-4-5-10(12-7-9)13(2)3/h4-5,7-8H,6,11H2,1-3H3. The zero-order valence-electron chi connectivity index (χ0n) is 8.49. The Balaban J connectivity index is 2.81. The Morgan fingerprint density at radius 1 is 1.46 bits per heavy atom. The predicted octanol–water partition coefficient (Wildman–Crippen LogP) is 1.21. The lowest BCUT2D eigenvalue weighted by Crippen LogP contribution is -2.12. The predicted molar refractivity (Wildman–Crippen MR) is 56.0 cm³/mol. The summed E-state index contributed by atoms with van der Waals surface area (Å²) in [7, 11) is 3.96. The van der Waals surface area contributed by atoms with Crippen molar-refractivity contribution in [1.82, 2.24) is 4.98 Å². The lowest BCUT2D eigenvalue weighted by atomic mass is 10.0. The molecule has 0 fully saturated rings. The summed E-state index contributed by atoms with van der Waals surface area (Å²) in [5.74, 6) is 1.37. The van der Waals surface area contributed by atoms with Crippen molar-refractivity contribution < 1.29 is 0 Å². The maximum atomic E-state index is 5.56. The summed E-state index contributed by atoms with van der Waals surface area (Å²) < 4.78 is 0. The third kappa shape index (κ3) is 2.42. The van der Waals surface area contributed by atoms with Gasteiger partial charge in [0.15, 0.2) is 0 Å². The van der Waals surface area contributed by atoms with Crippen molar-refractivity contribution in [1.29, 1.82) is 0 Å². The van der Waals surface area contributed by atoms with Crippen LogP contribution < -0.4 is 10.6 Å². The Labute approximate surface area is 79.6 Å². The van der Waals surface area contributed by atoms with Crippen LogP contribution in [-0.2, 0) is 0 Å². The number of rotatable bonds is 3. The lowest BCUT2D eigenvalue weighted by Gasteiger charge is -2.13. The van der Waals surface area contributed by atoms with Crippen LogP contribution in [0.5, 0.6) is 0 Å². The molecule has 1 unspecified atom stereocenters. The lowest BCUT2D eigenvalue weighted by molar-refractivity contribution is 0.769. The van der Waals surface area contributed by atoms with E-state index in [0.717, 1.165) is 5.82 Å². The fourth-order valence-electron chi connectivity index (χ4n) is 1.09. The van der Waals surface area contributed by atoms with Crippen LogP contribution in [0.2, 0.25) is 0 Å². The monoisotopic (exact) mass is 179 g/mol. The van der Waals surface area contributed by atoms with E-state index in [1.165, 1.54) is 5.56 Å². The van der Waals surface area contributed by atoms with Gasteiger partial charge >= 0.3 is 0 Å². The minimum Gasteiger partial charge on any atom is -0.363 e. The van der Waals surface area contributed by atoms with E-state index in [9.17, 15) is 0 Å². The maximum Gasteiger partial charge on any atom is 0.127 e. The van der Waals surface area contributed by atoms with Gasteiger partial charge in [0.1, 0.15) is 5.82 Å². The van der Waals surface area contributed by atoms with Crippen LogP contribution in [0.25, 0.3) is 0 Å². The van der Waals surface area contributed by atoms with E-state index in [1.807, 2.05) is 31.3 Å². The first kappa shape index (κ1) is 9.99. The third-order valence-electron chi connectivity index (χ3n) is 2.15. The highest BCUT2D eigenvalue weighted by molar-refractivity contribution is 5.37. The zero-order valence-corrected chi connectivity index (χ0v) is 8.49. The summed E-state index contributed by atoms with van der Waals surface area (Å²) in [5.41, 5.74) is 6.77. The molecule has 1 aromatic rings. The average Bonchev–Trinajstić information content (AvgIpc) is 2.17. The molecule has 3 nitrogen and oxygen atoms in total. The molecule has 0 bridgehead atoms. The van der Waals surface area contributed by atoms with Crippen molar-refractivity contribution in [2.75, 3.05) is 25.5 Å². The quantitative estimate of drug-likeness (QED) is 0.758. The largest absolute Gasteiger partial charge is 0.363 e. The number of anilines is 1. The second-order valence-electron chi connectivity index (χ2n) is 3.48. The molecule has 0 aliphatic rings. The number of pyridine rings is 1. The molecule has 0 aliphatic carbocycles. The third-order valence-corrected chi connectivity index (χ3v) is 2.15. The van der Waals surface area contributed by atoms with Crippen molar-refractivity contribution in [2.24, 2.45) is 5.73 Å². The number of aromatic nitrogens is 1. The van der Waals surface area contributed by atoms with E-state index < -0.39 is 0 Å². The Kier molecular flexibility index (Phi) is 3.25. The Bertz CT molecular complexity index is 253. The van der Waals surface area contributed by atoms with Crippen LogP contribution in [-0.4, -0.2) is 25.6 Å². The summed E-state index contributed by atoms with van der Waals surface area (Å²) >= 11 is 0. The van der Waals surface area contributed by atoms with Crippen LogP contribution in [0.3, 0.4) is 0 Å². The van der Waals surface area contributed by atoms with Crippen molar-refractivity contribution in [3.05, 3.63) is 23.9 Å². The summed E-state index contributed by atoms with van der Waals surface area (Å²) in [6.07, 6.45) is 1.90. The number of nitrogens with zero attached hydrogens (tertiary/aromatic N) is 2. The van der Waals surface area contributed by atoms with Gasteiger partial charge in [-0.1, -0.05) is 13.0 Å². The topological polar surface area (TPSA) is 42.1 Å². The van der Waals surface area contributed by atoms with Crippen LogP contribution >= 0.6 is 0 Å². The molecule has 1 heterocycles. The van der Waals surface area contributed by atoms with Crippen LogP contribution in [0.1, 0.15) is 18.4 Å². The van der Waals surface area contributed by atoms with Gasteiger partial charge in [0.25, 0.3) is 0 Å². The van der Waals surface area contributed by atoms with Crippen molar-refractivity contribution in [2.45, 2.75) is 12.8 Å². The molecule has 0 spiro atoms. The van der Waals surface area contributed by atoms with E-state index in [2.05, 4.69) is 18.0 Å². The fraction of sp³-hybridized carbons (Fsp3) is 0.500. The highest BCUT2D eigenvalue weighted by Gasteiger charge is 2.03. The molecule has 13 heavy (non-hydrogen) atoms. The first-order valence-corrected chi connectivity index (χ1v) is 4.48. The molecule has 1 rings (SSSR count). The highest BCUT2D eigenvalue weighted by Crippen LogP contribution is 2.15. The van der Waals surface area contributed by atoms with Gasteiger partial charge in [0, 0.05) is 20.3 Å². The molecule has 0 aromatic carbocycles. The molecule has 0 radical (unpaired) electrons. The average molecular weight is 179 g/mol. The maximum absolute atomic E-state index is 5.56. The van der Waals surface area contributed by atoms with Crippen LogP contribution in [0.4, 0.5) is 5.82 Å². The molecular weight excluding hydrogens is 162 g/mol. The van der Waals surface area contributed by atoms with Gasteiger partial charge in [-0.2, -0.15) is 0 Å². The van der Waals surface area contributed by atoms with Crippen LogP contribution in [0.15, 0.2) is 18.3 Å². The minimum absolute atomic E-state index is 0.392. The highest BCUT2D eigenvalue weighted by atomic mass is 15.1. The van der Waals surface area contributed by atoms with Gasteiger partial charge in [-0.3, -0.25) is 0 Å². The Morgan fingerprint density at radius 2 is 2.15 bits per heavy atom. The van der Waals surface area contributed by atoms with E-state index in [-0.39, 0.29) is 0 Å². The van der Waals surface area contributed by atoms with Gasteiger partial charge in [-0.15, -0.1) is 0 Å². The van der Waals surface area contributed by atoms with E-state index >= 15 is 0 Å². The number of nitrogens with two attached hydrogens (primary N) is 1. The van der Waals surface area contributed by atoms with E-state index in [4.69, 9.17) is 5.73 Å². The summed E-state index contributed by atoms with van der Waals surface area (Å²) in [6.45, 7) is 2.77. The molecular formula is C10H17N3. The van der Waals surface area contributed by atoms with Gasteiger partial charge < -0.3 is 10.6 Å². The van der Waals surface area contributed by atoms with E-state index in [1.54, 1.807) is 0 Å². The molecule has 72 valence electrons. The van der Waals surface area contributed by atoms with Gasteiger partial charge in [-0.05, 0) is 24.1 Å². The molecule has 1 atom stereocenters. The molecule has 0 saturated heterocycles. The molecule has 2 N–H and O–H groups in total. The number of hydrogen-bond acceptors (Lipinski definition) is 3. The Hall–Kier alpha value is -1.09. The van der Waals surface area contributed by atoms with Gasteiger partial charge in [0.2, 0.25) is 0 Å². The normalized spacial score (nSPS) is 12.6. The number of hydrogen-bond donors (Lipinski definition) is 1. The van der Waals surface area contributed by atoms with Crippen LogP contribution in [0, 0.1) is 0 Å². The fourth-order valence-corrected chi connectivity index (χ4v) is 1.09. The second-order valence-corrected chi connectivity index (χ2v) is 3.48. The molecule has 3 heteroatoms. The van der Waals surface area contributed by atoms with Crippen molar-refractivity contribution in [3.63, 3.8) is 0 Å². The molecule has 0 amide bonds. The molecule has 0 aliphatic heterocycles. The van der Waals surface area contributed by atoms with Crippen molar-refractivity contribution >= 4 is 5.82 Å². The summed E-state index contributed by atoms with van der Waals surface area (Å²) in [5, 5.41) is 0. The zero-order chi connectivity index (χ0) is 9.84. The SMILES string of the molecule is CC(CN)c1ccc(N(C)C)nc1. The Morgan fingerprint density at radius 3 is 2.54 bits per heavy atom. The second kappa shape index (κ2) is 4.23. The summed E-state index contributed by atoms with van der Waals surface area (Å²) in [4.78, 5) is 6.30. The first-order valence-electron chi connectivity index (χ1n) is 4.48. The minimum atomic E-state index is 0.392. The molecule has 0 saturated carbocycles.